The number of furan rings is 1. The molecule has 2 rings (SSSR count). The zero-order chi connectivity index (χ0) is 11.6. The van der Waals surface area contributed by atoms with Crippen LogP contribution in [0.4, 0.5) is 0 Å². The van der Waals surface area contributed by atoms with Crippen LogP contribution in [0.25, 0.3) is 0 Å². The van der Waals surface area contributed by atoms with Gasteiger partial charge in [0.1, 0.15) is 4.21 Å². The average molecular weight is 278 g/mol. The van der Waals surface area contributed by atoms with Gasteiger partial charge in [-0.15, -0.1) is 11.3 Å². The molecule has 0 fully saturated rings. The minimum atomic E-state index is -3.47. The van der Waals surface area contributed by atoms with Gasteiger partial charge in [0.15, 0.2) is 0 Å². The van der Waals surface area contributed by atoms with Gasteiger partial charge in [-0.3, -0.25) is 0 Å². The molecule has 0 aliphatic carbocycles. The molecule has 1 N–H and O–H groups in total. The molecule has 0 saturated heterocycles. The van der Waals surface area contributed by atoms with Gasteiger partial charge in [-0.1, -0.05) is 11.6 Å². The largest absolute Gasteiger partial charge is 0.472 e. The first-order valence-corrected chi connectivity index (χ1v) is 7.02. The van der Waals surface area contributed by atoms with Gasteiger partial charge in [0.05, 0.1) is 16.9 Å². The van der Waals surface area contributed by atoms with E-state index < -0.39 is 10.0 Å². The predicted molar refractivity (Wildman–Crippen MR) is 62.1 cm³/mol. The van der Waals surface area contributed by atoms with Gasteiger partial charge in [0.2, 0.25) is 10.0 Å². The molecule has 0 unspecified atom stereocenters. The predicted octanol–water partition coefficient (Wildman–Crippen LogP) is 2.47. The molecular weight excluding hydrogens is 270 g/mol. The lowest BCUT2D eigenvalue weighted by Crippen LogP contribution is -2.22. The van der Waals surface area contributed by atoms with Gasteiger partial charge in [-0.2, -0.15) is 0 Å². The van der Waals surface area contributed by atoms with Crippen LogP contribution >= 0.6 is 22.9 Å². The van der Waals surface area contributed by atoms with Crippen LogP contribution in [0.3, 0.4) is 0 Å². The van der Waals surface area contributed by atoms with Crippen LogP contribution in [0.1, 0.15) is 5.56 Å². The van der Waals surface area contributed by atoms with Crippen molar-refractivity contribution >= 4 is 33.0 Å². The lowest BCUT2D eigenvalue weighted by molar-refractivity contribution is 0.561. The molecule has 2 aromatic rings. The number of nitrogens with one attached hydrogen (secondary N) is 1. The maximum Gasteiger partial charge on any atom is 0.250 e. The number of sulfonamides is 1. The average Bonchev–Trinajstić information content (AvgIpc) is 2.85. The topological polar surface area (TPSA) is 59.3 Å². The van der Waals surface area contributed by atoms with Gasteiger partial charge in [0, 0.05) is 12.1 Å². The Balaban J connectivity index is 2.09. The van der Waals surface area contributed by atoms with E-state index in [1.165, 1.54) is 18.6 Å². The van der Waals surface area contributed by atoms with Crippen LogP contribution in [-0.2, 0) is 16.6 Å². The van der Waals surface area contributed by atoms with Crippen molar-refractivity contribution < 1.29 is 12.8 Å². The smallest absolute Gasteiger partial charge is 0.250 e. The molecule has 0 spiro atoms. The summed E-state index contributed by atoms with van der Waals surface area (Å²) in [4.78, 5) is 0. The highest BCUT2D eigenvalue weighted by atomic mass is 35.5. The summed E-state index contributed by atoms with van der Waals surface area (Å²) >= 11 is 6.70. The molecule has 0 amide bonds. The zero-order valence-corrected chi connectivity index (χ0v) is 10.4. The summed E-state index contributed by atoms with van der Waals surface area (Å²) in [5, 5.41) is 0. The third-order valence-corrected chi connectivity index (χ3v) is 4.98. The molecule has 0 aliphatic rings. The molecule has 16 heavy (non-hydrogen) atoms. The lowest BCUT2D eigenvalue weighted by Gasteiger charge is -2.01. The third-order valence-electron chi connectivity index (χ3n) is 1.86. The fourth-order valence-corrected chi connectivity index (χ4v) is 3.63. The summed E-state index contributed by atoms with van der Waals surface area (Å²) in [6.07, 6.45) is 2.98. The summed E-state index contributed by atoms with van der Waals surface area (Å²) in [7, 11) is -3.47. The van der Waals surface area contributed by atoms with Gasteiger partial charge in [-0.05, 0) is 18.2 Å². The second-order valence-corrected chi connectivity index (χ2v) is 6.72. The number of halogens is 1. The van der Waals surface area contributed by atoms with E-state index in [0.29, 0.717) is 4.34 Å². The quantitative estimate of drug-likeness (QED) is 0.934. The van der Waals surface area contributed by atoms with Gasteiger partial charge < -0.3 is 4.42 Å². The van der Waals surface area contributed by atoms with E-state index in [4.69, 9.17) is 16.0 Å². The van der Waals surface area contributed by atoms with Crippen LogP contribution < -0.4 is 4.72 Å². The summed E-state index contributed by atoms with van der Waals surface area (Å²) < 4.78 is 31.4. The second kappa shape index (κ2) is 4.58. The summed E-state index contributed by atoms with van der Waals surface area (Å²) in [6, 6.07) is 4.73. The van der Waals surface area contributed by atoms with E-state index in [2.05, 4.69) is 4.72 Å². The Labute approximate surface area is 102 Å². The monoisotopic (exact) mass is 277 g/mol. The fraction of sp³-hybridized carbons (Fsp3) is 0.111. The summed E-state index contributed by atoms with van der Waals surface area (Å²) in [5.41, 5.74) is 0.770. The van der Waals surface area contributed by atoms with E-state index in [1.807, 2.05) is 0 Å². The Morgan fingerprint density at radius 2 is 2.19 bits per heavy atom. The maximum absolute atomic E-state index is 11.8. The van der Waals surface area contributed by atoms with E-state index >= 15 is 0 Å². The number of hydrogen-bond donors (Lipinski definition) is 1. The number of hydrogen-bond acceptors (Lipinski definition) is 4. The van der Waals surface area contributed by atoms with Gasteiger partial charge in [-0.25, -0.2) is 13.1 Å². The normalized spacial score (nSPS) is 11.8. The molecule has 0 aliphatic heterocycles. The Kier molecular flexibility index (Phi) is 3.34. The molecule has 0 atom stereocenters. The highest BCUT2D eigenvalue weighted by Gasteiger charge is 2.16. The van der Waals surface area contributed by atoms with Crippen molar-refractivity contribution in [2.75, 3.05) is 0 Å². The summed E-state index contributed by atoms with van der Waals surface area (Å²) in [5.74, 6) is 0. The molecule has 4 nitrogen and oxygen atoms in total. The van der Waals surface area contributed by atoms with Crippen molar-refractivity contribution in [3.63, 3.8) is 0 Å². The van der Waals surface area contributed by atoms with E-state index in [9.17, 15) is 8.42 Å². The van der Waals surface area contributed by atoms with Crippen molar-refractivity contribution in [3.05, 3.63) is 40.6 Å². The summed E-state index contributed by atoms with van der Waals surface area (Å²) in [6.45, 7) is 0.203. The van der Waals surface area contributed by atoms with Crippen LogP contribution in [0.15, 0.2) is 39.4 Å². The van der Waals surface area contributed by atoms with Crippen LogP contribution in [-0.4, -0.2) is 8.42 Å². The van der Waals surface area contributed by atoms with Crippen molar-refractivity contribution in [1.29, 1.82) is 0 Å². The number of thiophene rings is 1. The Morgan fingerprint density at radius 1 is 1.38 bits per heavy atom. The Hall–Kier alpha value is -0.820. The van der Waals surface area contributed by atoms with Crippen molar-refractivity contribution in [3.8, 4) is 0 Å². The standard InChI is InChI=1S/C9H8ClNO3S2/c10-8-1-2-9(15-8)16(12,13)11-5-7-3-4-14-6-7/h1-4,6,11H,5H2. The molecule has 0 saturated carbocycles. The fourth-order valence-electron chi connectivity index (χ4n) is 1.08. The van der Waals surface area contributed by atoms with Crippen molar-refractivity contribution in [2.45, 2.75) is 10.8 Å². The first kappa shape index (κ1) is 11.7. The third kappa shape index (κ3) is 2.65. The molecular formula is C9H8ClNO3S2. The van der Waals surface area contributed by atoms with E-state index in [0.717, 1.165) is 16.9 Å². The Bertz CT molecular complexity index is 559. The van der Waals surface area contributed by atoms with Crippen LogP contribution in [0, 0.1) is 0 Å². The molecule has 2 heterocycles. The zero-order valence-electron chi connectivity index (χ0n) is 8.01. The first-order valence-electron chi connectivity index (χ1n) is 4.34. The maximum atomic E-state index is 11.8. The molecule has 86 valence electrons. The van der Waals surface area contributed by atoms with Crippen LogP contribution in [0.5, 0.6) is 0 Å². The lowest BCUT2D eigenvalue weighted by atomic mass is 10.4. The van der Waals surface area contributed by atoms with E-state index in [1.54, 1.807) is 12.1 Å². The molecule has 0 radical (unpaired) electrons. The highest BCUT2D eigenvalue weighted by Crippen LogP contribution is 2.25. The second-order valence-electron chi connectivity index (χ2n) is 3.01. The molecule has 0 bridgehead atoms. The highest BCUT2D eigenvalue weighted by molar-refractivity contribution is 7.91. The molecule has 2 aromatic heterocycles. The SMILES string of the molecule is O=S(=O)(NCc1ccoc1)c1ccc(Cl)s1. The first-order chi connectivity index (χ1) is 7.58. The van der Waals surface area contributed by atoms with Crippen molar-refractivity contribution in [2.24, 2.45) is 0 Å². The van der Waals surface area contributed by atoms with Gasteiger partial charge >= 0.3 is 0 Å². The van der Waals surface area contributed by atoms with E-state index in [-0.39, 0.29) is 10.8 Å². The Morgan fingerprint density at radius 3 is 2.75 bits per heavy atom. The minimum absolute atomic E-state index is 0.203. The molecule has 0 aromatic carbocycles. The van der Waals surface area contributed by atoms with Crippen molar-refractivity contribution in [1.82, 2.24) is 4.72 Å². The van der Waals surface area contributed by atoms with Crippen LogP contribution in [0.2, 0.25) is 4.34 Å². The number of rotatable bonds is 4. The molecule has 7 heteroatoms. The minimum Gasteiger partial charge on any atom is -0.472 e. The van der Waals surface area contributed by atoms with Gasteiger partial charge in [0.25, 0.3) is 0 Å².